The van der Waals surface area contributed by atoms with Gasteiger partial charge in [-0.25, -0.2) is 4.98 Å². The lowest BCUT2D eigenvalue weighted by Gasteiger charge is -2.15. The van der Waals surface area contributed by atoms with Crippen molar-refractivity contribution in [3.05, 3.63) is 84.1 Å². The Morgan fingerprint density at radius 1 is 1.00 bits per heavy atom. The van der Waals surface area contributed by atoms with Gasteiger partial charge in [0.15, 0.2) is 0 Å². The molecule has 0 aliphatic carbocycles. The van der Waals surface area contributed by atoms with Gasteiger partial charge >= 0.3 is 0 Å². The van der Waals surface area contributed by atoms with Crippen molar-refractivity contribution in [2.24, 2.45) is 0 Å². The van der Waals surface area contributed by atoms with Crippen LogP contribution >= 0.6 is 11.8 Å². The molecule has 3 aromatic rings. The molecule has 0 aliphatic heterocycles. The average molecular weight is 363 g/mol. The number of rotatable bonds is 6. The molecule has 0 bridgehead atoms. The molecule has 0 spiro atoms. The summed E-state index contributed by atoms with van der Waals surface area (Å²) in [5.41, 5.74) is 2.47. The summed E-state index contributed by atoms with van der Waals surface area (Å²) in [6, 6.07) is 21.4. The van der Waals surface area contributed by atoms with Gasteiger partial charge in [-0.3, -0.25) is 4.79 Å². The summed E-state index contributed by atoms with van der Waals surface area (Å²) in [6.45, 7) is 0.759. The molecule has 132 valence electrons. The highest BCUT2D eigenvalue weighted by Crippen LogP contribution is 2.29. The van der Waals surface area contributed by atoms with Crippen LogP contribution in [0.1, 0.15) is 15.9 Å². The lowest BCUT2D eigenvalue weighted by atomic mass is 10.1. The Labute approximate surface area is 158 Å². The molecular formula is C21H21N3OS. The summed E-state index contributed by atoms with van der Waals surface area (Å²) in [7, 11) is 4.02. The summed E-state index contributed by atoms with van der Waals surface area (Å²) in [5, 5.41) is 3.74. The molecule has 1 aromatic heterocycles. The monoisotopic (exact) mass is 363 g/mol. The number of nitrogens with one attached hydrogen (secondary N) is 1. The Morgan fingerprint density at radius 3 is 2.50 bits per heavy atom. The molecule has 26 heavy (non-hydrogen) atoms. The number of hydrogen-bond donors (Lipinski definition) is 1. The first-order chi connectivity index (χ1) is 12.6. The maximum Gasteiger partial charge on any atom is 0.258 e. The Balaban J connectivity index is 1.83. The SMILES string of the molecule is CN(C)Cc1ccccc1NC(=O)c1cccnc1Sc1ccccc1. The largest absolute Gasteiger partial charge is 0.322 e. The number of carbonyl (C=O) groups excluding carboxylic acids is 1. The Kier molecular flexibility index (Phi) is 6.04. The minimum atomic E-state index is -0.150. The smallest absolute Gasteiger partial charge is 0.258 e. The lowest BCUT2D eigenvalue weighted by Crippen LogP contribution is -2.17. The van der Waals surface area contributed by atoms with E-state index in [-0.39, 0.29) is 5.91 Å². The van der Waals surface area contributed by atoms with E-state index in [1.54, 1.807) is 12.3 Å². The van der Waals surface area contributed by atoms with Crippen molar-refractivity contribution in [1.29, 1.82) is 0 Å². The second-order valence-corrected chi connectivity index (χ2v) is 7.18. The number of pyridine rings is 1. The maximum atomic E-state index is 12.9. The van der Waals surface area contributed by atoms with Gasteiger partial charge in [0.1, 0.15) is 5.03 Å². The van der Waals surface area contributed by atoms with E-state index >= 15 is 0 Å². The van der Waals surface area contributed by atoms with Crippen LogP contribution in [0.15, 0.2) is 82.8 Å². The molecule has 1 amide bonds. The van der Waals surface area contributed by atoms with Crippen LogP contribution in [0, 0.1) is 0 Å². The van der Waals surface area contributed by atoms with Gasteiger partial charge in [-0.2, -0.15) is 0 Å². The third-order valence-corrected chi connectivity index (χ3v) is 4.75. The summed E-state index contributed by atoms with van der Waals surface area (Å²) in [5.74, 6) is -0.150. The van der Waals surface area contributed by atoms with E-state index in [4.69, 9.17) is 0 Å². The second kappa shape index (κ2) is 8.65. The molecule has 1 heterocycles. The predicted octanol–water partition coefficient (Wildman–Crippen LogP) is 4.55. The van der Waals surface area contributed by atoms with Crippen LogP contribution in [0.5, 0.6) is 0 Å². The minimum Gasteiger partial charge on any atom is -0.322 e. The van der Waals surface area contributed by atoms with Crippen molar-refractivity contribution in [3.8, 4) is 0 Å². The Hall–Kier alpha value is -2.63. The van der Waals surface area contributed by atoms with Crippen LogP contribution in [0.4, 0.5) is 5.69 Å². The van der Waals surface area contributed by atoms with E-state index in [2.05, 4.69) is 15.2 Å². The van der Waals surface area contributed by atoms with Crippen molar-refractivity contribution < 1.29 is 4.79 Å². The van der Waals surface area contributed by atoms with Gasteiger partial charge < -0.3 is 10.2 Å². The number of hydrogen-bond acceptors (Lipinski definition) is 4. The highest BCUT2D eigenvalue weighted by Gasteiger charge is 2.15. The molecule has 5 heteroatoms. The van der Waals surface area contributed by atoms with Crippen LogP contribution in [-0.2, 0) is 6.54 Å². The third-order valence-electron chi connectivity index (χ3n) is 3.73. The van der Waals surface area contributed by atoms with Gasteiger partial charge in [0.05, 0.1) is 5.56 Å². The normalized spacial score (nSPS) is 10.7. The standard InChI is InChI=1S/C21H21N3OS/c1-24(2)15-16-9-6-7-13-19(16)23-20(25)18-12-8-14-22-21(18)26-17-10-4-3-5-11-17/h3-14H,15H2,1-2H3,(H,23,25). The van der Waals surface area contributed by atoms with Crippen molar-refractivity contribution in [3.63, 3.8) is 0 Å². The summed E-state index contributed by atoms with van der Waals surface area (Å²) < 4.78 is 0. The fourth-order valence-corrected chi connectivity index (χ4v) is 3.46. The molecule has 0 atom stereocenters. The lowest BCUT2D eigenvalue weighted by molar-refractivity contribution is 0.102. The van der Waals surface area contributed by atoms with E-state index in [9.17, 15) is 4.79 Å². The zero-order valence-corrected chi connectivity index (χ0v) is 15.7. The highest BCUT2D eigenvalue weighted by atomic mass is 32.2. The van der Waals surface area contributed by atoms with E-state index in [0.717, 1.165) is 22.7 Å². The molecule has 0 unspecified atom stereocenters. The number of anilines is 1. The van der Waals surface area contributed by atoms with Crippen molar-refractivity contribution >= 4 is 23.4 Å². The fraction of sp³-hybridized carbons (Fsp3) is 0.143. The second-order valence-electron chi connectivity index (χ2n) is 6.12. The van der Waals surface area contributed by atoms with Gasteiger partial charge in [-0.15, -0.1) is 0 Å². The molecule has 0 radical (unpaired) electrons. The zero-order valence-electron chi connectivity index (χ0n) is 14.8. The quantitative estimate of drug-likeness (QED) is 0.698. The van der Waals surface area contributed by atoms with Crippen LogP contribution in [0.25, 0.3) is 0 Å². The van der Waals surface area contributed by atoms with Gasteiger partial charge in [-0.1, -0.05) is 48.2 Å². The fourth-order valence-electron chi connectivity index (χ4n) is 2.56. The van der Waals surface area contributed by atoms with Crippen LogP contribution < -0.4 is 5.32 Å². The number of nitrogens with zero attached hydrogens (tertiary/aromatic N) is 2. The van der Waals surface area contributed by atoms with Gasteiger partial charge in [0.2, 0.25) is 0 Å². The number of carbonyl (C=O) groups is 1. The van der Waals surface area contributed by atoms with Crippen LogP contribution in [-0.4, -0.2) is 29.9 Å². The van der Waals surface area contributed by atoms with E-state index in [1.807, 2.05) is 74.8 Å². The summed E-state index contributed by atoms with van der Waals surface area (Å²) in [6.07, 6.45) is 1.71. The molecule has 0 fully saturated rings. The first kappa shape index (κ1) is 18.2. The first-order valence-electron chi connectivity index (χ1n) is 8.35. The number of benzene rings is 2. The van der Waals surface area contributed by atoms with Gasteiger partial charge in [0.25, 0.3) is 5.91 Å². The number of aromatic nitrogens is 1. The maximum absolute atomic E-state index is 12.9. The van der Waals surface area contributed by atoms with Crippen LogP contribution in [0.2, 0.25) is 0 Å². The molecule has 0 saturated heterocycles. The minimum absolute atomic E-state index is 0.150. The van der Waals surface area contributed by atoms with Crippen molar-refractivity contribution in [2.45, 2.75) is 16.5 Å². The molecule has 1 N–H and O–H groups in total. The van der Waals surface area contributed by atoms with Crippen molar-refractivity contribution in [1.82, 2.24) is 9.88 Å². The molecular weight excluding hydrogens is 342 g/mol. The molecule has 3 rings (SSSR count). The van der Waals surface area contributed by atoms with Crippen molar-refractivity contribution in [2.75, 3.05) is 19.4 Å². The summed E-state index contributed by atoms with van der Waals surface area (Å²) >= 11 is 1.49. The zero-order chi connectivity index (χ0) is 18.4. The Bertz CT molecular complexity index is 881. The van der Waals surface area contributed by atoms with E-state index < -0.39 is 0 Å². The molecule has 0 saturated carbocycles. The van der Waals surface area contributed by atoms with E-state index in [1.165, 1.54) is 11.8 Å². The molecule has 2 aromatic carbocycles. The molecule has 0 aliphatic rings. The number of amides is 1. The van der Waals surface area contributed by atoms with E-state index in [0.29, 0.717) is 10.6 Å². The molecule has 4 nitrogen and oxygen atoms in total. The number of para-hydroxylation sites is 1. The van der Waals surface area contributed by atoms with Gasteiger partial charge in [0, 0.05) is 23.3 Å². The van der Waals surface area contributed by atoms with Gasteiger partial charge in [-0.05, 0) is 50.0 Å². The Morgan fingerprint density at radius 2 is 1.73 bits per heavy atom. The predicted molar refractivity (Wildman–Crippen MR) is 107 cm³/mol. The highest BCUT2D eigenvalue weighted by molar-refractivity contribution is 7.99. The topological polar surface area (TPSA) is 45.2 Å². The van der Waals surface area contributed by atoms with Crippen LogP contribution in [0.3, 0.4) is 0 Å². The average Bonchev–Trinajstić information content (AvgIpc) is 2.64. The summed E-state index contributed by atoms with van der Waals surface area (Å²) in [4.78, 5) is 20.4. The third kappa shape index (κ3) is 4.71. The first-order valence-corrected chi connectivity index (χ1v) is 9.17.